The SMILES string of the molecule is C=C(C)COc1cc(CNCCC(=O)NC(C)C)ccc1OC. The Morgan fingerprint density at radius 1 is 1.30 bits per heavy atom. The Morgan fingerprint density at radius 2 is 2.04 bits per heavy atom. The van der Waals surface area contributed by atoms with E-state index in [4.69, 9.17) is 9.47 Å². The van der Waals surface area contributed by atoms with E-state index in [0.717, 1.165) is 11.1 Å². The molecular weight excluding hydrogens is 292 g/mol. The van der Waals surface area contributed by atoms with Crippen molar-refractivity contribution in [1.29, 1.82) is 0 Å². The van der Waals surface area contributed by atoms with E-state index in [-0.39, 0.29) is 11.9 Å². The lowest BCUT2D eigenvalue weighted by molar-refractivity contribution is -0.121. The van der Waals surface area contributed by atoms with Crippen LogP contribution in [0.15, 0.2) is 30.4 Å². The number of carbonyl (C=O) groups excluding carboxylic acids is 1. The van der Waals surface area contributed by atoms with Gasteiger partial charge in [0.1, 0.15) is 6.61 Å². The van der Waals surface area contributed by atoms with Crippen molar-refractivity contribution >= 4 is 5.91 Å². The van der Waals surface area contributed by atoms with E-state index in [9.17, 15) is 4.79 Å². The van der Waals surface area contributed by atoms with Gasteiger partial charge in [-0.2, -0.15) is 0 Å². The number of hydrogen-bond donors (Lipinski definition) is 2. The lowest BCUT2D eigenvalue weighted by Gasteiger charge is -2.13. The fourth-order valence-corrected chi connectivity index (χ4v) is 1.97. The number of benzene rings is 1. The quantitative estimate of drug-likeness (QED) is 0.514. The molecule has 128 valence electrons. The first kappa shape index (κ1) is 19.0. The van der Waals surface area contributed by atoms with Crippen molar-refractivity contribution in [3.05, 3.63) is 35.9 Å². The molecule has 0 saturated carbocycles. The standard InChI is InChI=1S/C18H28N2O3/c1-13(2)12-23-17-10-15(6-7-16(17)22-5)11-19-9-8-18(21)20-14(3)4/h6-7,10,14,19H,1,8-9,11-12H2,2-5H3,(H,20,21). The molecule has 2 N–H and O–H groups in total. The van der Waals surface area contributed by atoms with Gasteiger partial charge in [0, 0.05) is 25.6 Å². The molecular formula is C18H28N2O3. The molecule has 0 bridgehead atoms. The minimum absolute atomic E-state index is 0.0627. The Balaban J connectivity index is 2.49. The molecule has 23 heavy (non-hydrogen) atoms. The molecule has 1 rings (SSSR count). The summed E-state index contributed by atoms with van der Waals surface area (Å²) in [4.78, 5) is 11.6. The molecule has 0 aliphatic heterocycles. The van der Waals surface area contributed by atoms with Crippen LogP contribution in [0.3, 0.4) is 0 Å². The molecule has 5 nitrogen and oxygen atoms in total. The van der Waals surface area contributed by atoms with Crippen molar-refractivity contribution in [2.24, 2.45) is 0 Å². The minimum Gasteiger partial charge on any atom is -0.493 e. The third-order valence-corrected chi connectivity index (χ3v) is 3.01. The van der Waals surface area contributed by atoms with Gasteiger partial charge in [-0.1, -0.05) is 12.6 Å². The van der Waals surface area contributed by atoms with Crippen molar-refractivity contribution in [3.63, 3.8) is 0 Å². The maximum absolute atomic E-state index is 11.6. The van der Waals surface area contributed by atoms with Gasteiger partial charge in [-0.3, -0.25) is 4.79 Å². The van der Waals surface area contributed by atoms with Crippen LogP contribution < -0.4 is 20.1 Å². The van der Waals surface area contributed by atoms with Crippen molar-refractivity contribution in [2.75, 3.05) is 20.3 Å². The molecule has 0 aliphatic rings. The van der Waals surface area contributed by atoms with Gasteiger partial charge in [-0.15, -0.1) is 0 Å². The van der Waals surface area contributed by atoms with E-state index in [1.807, 2.05) is 39.0 Å². The van der Waals surface area contributed by atoms with Gasteiger partial charge in [0.05, 0.1) is 7.11 Å². The van der Waals surface area contributed by atoms with Gasteiger partial charge in [0.25, 0.3) is 0 Å². The zero-order chi connectivity index (χ0) is 17.2. The molecule has 0 spiro atoms. The average molecular weight is 320 g/mol. The Kier molecular flexibility index (Phi) is 8.19. The Bertz CT molecular complexity index is 527. The maximum atomic E-state index is 11.6. The zero-order valence-electron chi connectivity index (χ0n) is 14.6. The summed E-state index contributed by atoms with van der Waals surface area (Å²) >= 11 is 0. The van der Waals surface area contributed by atoms with E-state index >= 15 is 0 Å². The normalized spacial score (nSPS) is 10.5. The fourth-order valence-electron chi connectivity index (χ4n) is 1.97. The molecule has 0 atom stereocenters. The molecule has 0 heterocycles. The molecule has 5 heteroatoms. The number of methoxy groups -OCH3 is 1. The summed E-state index contributed by atoms with van der Waals surface area (Å²) in [5.74, 6) is 1.46. The van der Waals surface area contributed by atoms with Crippen LogP contribution in [0.1, 0.15) is 32.8 Å². The first-order valence-electron chi connectivity index (χ1n) is 7.86. The average Bonchev–Trinajstić information content (AvgIpc) is 2.49. The van der Waals surface area contributed by atoms with Crippen molar-refractivity contribution < 1.29 is 14.3 Å². The first-order valence-corrected chi connectivity index (χ1v) is 7.86. The lowest BCUT2D eigenvalue weighted by atomic mass is 10.2. The predicted molar refractivity (Wildman–Crippen MR) is 92.9 cm³/mol. The molecule has 0 aromatic heterocycles. The molecule has 1 aromatic carbocycles. The van der Waals surface area contributed by atoms with Crippen LogP contribution in [0.5, 0.6) is 11.5 Å². The second kappa shape index (κ2) is 9.90. The van der Waals surface area contributed by atoms with Crippen LogP contribution in [-0.4, -0.2) is 32.2 Å². The summed E-state index contributed by atoms with van der Waals surface area (Å²) in [7, 11) is 1.62. The highest BCUT2D eigenvalue weighted by molar-refractivity contribution is 5.76. The summed E-state index contributed by atoms with van der Waals surface area (Å²) in [5, 5.41) is 6.13. The van der Waals surface area contributed by atoms with Gasteiger partial charge >= 0.3 is 0 Å². The number of nitrogens with one attached hydrogen (secondary N) is 2. The Morgan fingerprint density at radius 3 is 2.65 bits per heavy atom. The topological polar surface area (TPSA) is 59.6 Å². The van der Waals surface area contributed by atoms with Gasteiger partial charge in [-0.25, -0.2) is 0 Å². The largest absolute Gasteiger partial charge is 0.493 e. The highest BCUT2D eigenvalue weighted by Crippen LogP contribution is 2.28. The van der Waals surface area contributed by atoms with Crippen LogP contribution >= 0.6 is 0 Å². The second-order valence-corrected chi connectivity index (χ2v) is 5.88. The van der Waals surface area contributed by atoms with Gasteiger partial charge < -0.3 is 20.1 Å². The van der Waals surface area contributed by atoms with Crippen LogP contribution in [-0.2, 0) is 11.3 Å². The van der Waals surface area contributed by atoms with Crippen molar-refractivity contribution in [1.82, 2.24) is 10.6 Å². The number of hydrogen-bond acceptors (Lipinski definition) is 4. The zero-order valence-corrected chi connectivity index (χ0v) is 14.6. The highest BCUT2D eigenvalue weighted by atomic mass is 16.5. The van der Waals surface area contributed by atoms with Crippen molar-refractivity contribution in [3.8, 4) is 11.5 Å². The lowest BCUT2D eigenvalue weighted by Crippen LogP contribution is -2.32. The maximum Gasteiger partial charge on any atom is 0.221 e. The third-order valence-electron chi connectivity index (χ3n) is 3.01. The molecule has 1 amide bonds. The Labute approximate surface area is 139 Å². The minimum atomic E-state index is 0.0627. The summed E-state index contributed by atoms with van der Waals surface area (Å²) in [6, 6.07) is 5.99. The van der Waals surface area contributed by atoms with E-state index in [2.05, 4.69) is 17.2 Å². The molecule has 0 aliphatic carbocycles. The predicted octanol–water partition coefficient (Wildman–Crippen LogP) is 2.65. The van der Waals surface area contributed by atoms with E-state index in [0.29, 0.717) is 37.6 Å². The molecule has 0 unspecified atom stereocenters. The van der Waals surface area contributed by atoms with E-state index < -0.39 is 0 Å². The first-order chi connectivity index (χ1) is 10.9. The summed E-state index contributed by atoms with van der Waals surface area (Å²) in [6.07, 6.45) is 0.466. The van der Waals surface area contributed by atoms with Crippen LogP contribution in [0.25, 0.3) is 0 Å². The molecule has 1 aromatic rings. The summed E-state index contributed by atoms with van der Waals surface area (Å²) in [6.45, 7) is 11.4. The van der Waals surface area contributed by atoms with E-state index in [1.54, 1.807) is 7.11 Å². The van der Waals surface area contributed by atoms with Crippen LogP contribution in [0, 0.1) is 0 Å². The molecule has 0 fully saturated rings. The second-order valence-electron chi connectivity index (χ2n) is 5.88. The number of carbonyl (C=O) groups is 1. The van der Waals surface area contributed by atoms with Crippen molar-refractivity contribution in [2.45, 2.75) is 39.8 Å². The number of rotatable bonds is 10. The molecule has 0 radical (unpaired) electrons. The van der Waals surface area contributed by atoms with E-state index in [1.165, 1.54) is 0 Å². The van der Waals surface area contributed by atoms with Gasteiger partial charge in [0.2, 0.25) is 5.91 Å². The van der Waals surface area contributed by atoms with Gasteiger partial charge in [0.15, 0.2) is 11.5 Å². The number of ether oxygens (including phenoxy) is 2. The summed E-state index contributed by atoms with van der Waals surface area (Å²) < 4.78 is 11.0. The Hall–Kier alpha value is -2.01. The van der Waals surface area contributed by atoms with Crippen LogP contribution in [0.4, 0.5) is 0 Å². The summed E-state index contributed by atoms with van der Waals surface area (Å²) in [5.41, 5.74) is 2.03. The highest BCUT2D eigenvalue weighted by Gasteiger charge is 2.07. The fraction of sp³-hybridized carbons (Fsp3) is 0.500. The monoisotopic (exact) mass is 320 g/mol. The third kappa shape index (κ3) is 7.70. The molecule has 0 saturated heterocycles. The van der Waals surface area contributed by atoms with Gasteiger partial charge in [-0.05, 0) is 44.0 Å². The number of amides is 1. The van der Waals surface area contributed by atoms with Crippen LogP contribution in [0.2, 0.25) is 0 Å². The smallest absolute Gasteiger partial charge is 0.221 e.